The molecule has 3 heteroatoms. The zero-order chi connectivity index (χ0) is 8.55. The number of hydrogen-bond acceptors (Lipinski definition) is 2. The highest BCUT2D eigenvalue weighted by Gasteiger charge is 2.37. The molecule has 3 nitrogen and oxygen atoms in total. The molecule has 2 rings (SSSR count). The second-order valence-corrected chi connectivity index (χ2v) is 3.83. The summed E-state index contributed by atoms with van der Waals surface area (Å²) in [7, 11) is 0. The molecule has 0 aromatic carbocycles. The van der Waals surface area contributed by atoms with E-state index in [4.69, 9.17) is 4.74 Å². The van der Waals surface area contributed by atoms with Crippen LogP contribution < -0.4 is 0 Å². The van der Waals surface area contributed by atoms with Crippen LogP contribution in [-0.2, 0) is 4.74 Å². The largest absolute Gasteiger partial charge is 0.446 e. The first kappa shape index (κ1) is 7.90. The summed E-state index contributed by atoms with van der Waals surface area (Å²) in [6.45, 7) is 3.89. The first-order valence-electron chi connectivity index (χ1n) is 4.73. The summed E-state index contributed by atoms with van der Waals surface area (Å²) in [4.78, 5) is 13.2. The Hall–Kier alpha value is -0.730. The topological polar surface area (TPSA) is 29.5 Å². The predicted molar refractivity (Wildman–Crippen MR) is 44.9 cm³/mol. The van der Waals surface area contributed by atoms with Crippen LogP contribution in [0.3, 0.4) is 0 Å². The molecule has 1 saturated carbocycles. The van der Waals surface area contributed by atoms with E-state index < -0.39 is 0 Å². The number of likely N-dealkylation sites (tertiary alicyclic amines) is 1. The van der Waals surface area contributed by atoms with Crippen molar-refractivity contribution in [1.29, 1.82) is 0 Å². The monoisotopic (exact) mass is 169 g/mol. The van der Waals surface area contributed by atoms with Crippen molar-refractivity contribution in [2.75, 3.05) is 13.1 Å². The van der Waals surface area contributed by atoms with E-state index in [0.29, 0.717) is 5.92 Å². The van der Waals surface area contributed by atoms with Crippen molar-refractivity contribution in [1.82, 2.24) is 4.90 Å². The van der Waals surface area contributed by atoms with E-state index >= 15 is 0 Å². The van der Waals surface area contributed by atoms with Crippen molar-refractivity contribution < 1.29 is 9.53 Å². The van der Waals surface area contributed by atoms with Gasteiger partial charge in [0.15, 0.2) is 0 Å². The van der Waals surface area contributed by atoms with Crippen molar-refractivity contribution in [3.8, 4) is 0 Å². The van der Waals surface area contributed by atoms with E-state index in [9.17, 15) is 4.79 Å². The van der Waals surface area contributed by atoms with Crippen molar-refractivity contribution >= 4 is 6.09 Å². The third-order valence-electron chi connectivity index (χ3n) is 2.65. The van der Waals surface area contributed by atoms with Gasteiger partial charge in [-0.1, -0.05) is 6.92 Å². The van der Waals surface area contributed by atoms with Gasteiger partial charge in [-0.15, -0.1) is 0 Å². The number of nitrogens with zero attached hydrogens (tertiary/aromatic N) is 1. The van der Waals surface area contributed by atoms with E-state index in [1.807, 2.05) is 4.90 Å². The van der Waals surface area contributed by atoms with Gasteiger partial charge < -0.3 is 9.64 Å². The maximum atomic E-state index is 11.3. The van der Waals surface area contributed by atoms with Crippen LogP contribution in [0.15, 0.2) is 0 Å². The normalized spacial score (nSPS) is 33.6. The Labute approximate surface area is 72.7 Å². The molecule has 2 unspecified atom stereocenters. The molecule has 1 amide bonds. The highest BCUT2D eigenvalue weighted by Crippen LogP contribution is 2.33. The van der Waals surface area contributed by atoms with Crippen LogP contribution in [0.25, 0.3) is 0 Å². The Bertz CT molecular complexity index is 187. The van der Waals surface area contributed by atoms with Gasteiger partial charge in [-0.05, 0) is 25.2 Å². The van der Waals surface area contributed by atoms with Gasteiger partial charge in [0.2, 0.25) is 0 Å². The summed E-state index contributed by atoms with van der Waals surface area (Å²) in [6, 6.07) is 0. The molecule has 12 heavy (non-hydrogen) atoms. The molecule has 0 spiro atoms. The van der Waals surface area contributed by atoms with Gasteiger partial charge >= 0.3 is 6.09 Å². The van der Waals surface area contributed by atoms with Crippen LogP contribution in [-0.4, -0.2) is 30.2 Å². The average Bonchev–Trinajstić information content (AvgIpc) is 2.58. The number of carbonyl (C=O) groups excluding carboxylic acids is 1. The molecule has 2 fully saturated rings. The number of hydrogen-bond donors (Lipinski definition) is 0. The molecule has 1 heterocycles. The summed E-state index contributed by atoms with van der Waals surface area (Å²) >= 11 is 0. The van der Waals surface area contributed by atoms with Crippen LogP contribution in [0.1, 0.15) is 26.2 Å². The second-order valence-electron chi connectivity index (χ2n) is 3.83. The molecule has 0 bridgehead atoms. The van der Waals surface area contributed by atoms with Gasteiger partial charge in [-0.2, -0.15) is 0 Å². The number of rotatable bonds is 1. The second kappa shape index (κ2) is 2.96. The van der Waals surface area contributed by atoms with E-state index in [1.165, 1.54) is 0 Å². The number of ether oxygens (including phenoxy) is 1. The van der Waals surface area contributed by atoms with Crippen molar-refractivity contribution in [2.45, 2.75) is 32.3 Å². The maximum absolute atomic E-state index is 11.3. The molecule has 1 aliphatic heterocycles. The summed E-state index contributed by atoms with van der Waals surface area (Å²) in [5, 5.41) is 0. The van der Waals surface area contributed by atoms with E-state index in [2.05, 4.69) is 6.92 Å². The van der Waals surface area contributed by atoms with E-state index in [-0.39, 0.29) is 12.2 Å². The summed E-state index contributed by atoms with van der Waals surface area (Å²) in [6.07, 6.45) is 3.45. The predicted octanol–water partition coefficient (Wildman–Crippen LogP) is 1.63. The van der Waals surface area contributed by atoms with Gasteiger partial charge in [0.25, 0.3) is 0 Å². The van der Waals surface area contributed by atoms with Crippen LogP contribution in [0.2, 0.25) is 0 Å². The highest BCUT2D eigenvalue weighted by molar-refractivity contribution is 5.68. The molecule has 1 saturated heterocycles. The van der Waals surface area contributed by atoms with E-state index in [0.717, 1.165) is 32.4 Å². The van der Waals surface area contributed by atoms with Gasteiger partial charge in [0.05, 0.1) is 0 Å². The first-order valence-corrected chi connectivity index (χ1v) is 4.73. The fourth-order valence-electron chi connectivity index (χ4n) is 1.56. The fourth-order valence-corrected chi connectivity index (χ4v) is 1.56. The number of amides is 1. The Balaban J connectivity index is 1.76. The van der Waals surface area contributed by atoms with Gasteiger partial charge in [0, 0.05) is 13.1 Å². The van der Waals surface area contributed by atoms with Crippen molar-refractivity contribution in [2.24, 2.45) is 5.92 Å². The third-order valence-corrected chi connectivity index (χ3v) is 2.65. The zero-order valence-corrected chi connectivity index (χ0v) is 7.45. The lowest BCUT2D eigenvalue weighted by molar-refractivity contribution is 0.0997. The van der Waals surface area contributed by atoms with Crippen molar-refractivity contribution in [3.05, 3.63) is 0 Å². The molecule has 0 N–H and O–H groups in total. The molecule has 1 aliphatic carbocycles. The van der Waals surface area contributed by atoms with Crippen LogP contribution in [0.4, 0.5) is 4.79 Å². The SMILES string of the molecule is CC1CC1OC(=O)N1CCCC1. The maximum Gasteiger partial charge on any atom is 0.410 e. The van der Waals surface area contributed by atoms with Gasteiger partial charge in [-0.3, -0.25) is 0 Å². The van der Waals surface area contributed by atoms with Gasteiger partial charge in [-0.25, -0.2) is 4.79 Å². The Morgan fingerprint density at radius 2 is 2.00 bits per heavy atom. The minimum absolute atomic E-state index is 0.0955. The lowest BCUT2D eigenvalue weighted by Crippen LogP contribution is -2.29. The molecular weight excluding hydrogens is 154 g/mol. The van der Waals surface area contributed by atoms with Gasteiger partial charge in [0.1, 0.15) is 6.10 Å². The fraction of sp³-hybridized carbons (Fsp3) is 0.889. The number of carbonyl (C=O) groups is 1. The average molecular weight is 169 g/mol. The highest BCUT2D eigenvalue weighted by atomic mass is 16.6. The quantitative estimate of drug-likeness (QED) is 0.597. The molecule has 2 aliphatic rings. The molecule has 0 aromatic rings. The van der Waals surface area contributed by atoms with Crippen LogP contribution in [0, 0.1) is 5.92 Å². The van der Waals surface area contributed by atoms with Crippen LogP contribution in [0.5, 0.6) is 0 Å². The Morgan fingerprint density at radius 1 is 1.42 bits per heavy atom. The summed E-state index contributed by atoms with van der Waals surface area (Å²) in [5.74, 6) is 0.594. The molecule has 68 valence electrons. The zero-order valence-electron chi connectivity index (χ0n) is 7.45. The smallest absolute Gasteiger partial charge is 0.410 e. The minimum atomic E-state index is -0.0955. The summed E-state index contributed by atoms with van der Waals surface area (Å²) < 4.78 is 5.24. The molecule has 0 radical (unpaired) electrons. The van der Waals surface area contributed by atoms with Crippen molar-refractivity contribution in [3.63, 3.8) is 0 Å². The Morgan fingerprint density at radius 3 is 2.50 bits per heavy atom. The minimum Gasteiger partial charge on any atom is -0.446 e. The third kappa shape index (κ3) is 1.54. The molecule has 0 aromatic heterocycles. The van der Waals surface area contributed by atoms with E-state index in [1.54, 1.807) is 0 Å². The Kier molecular flexibility index (Phi) is 1.95. The lowest BCUT2D eigenvalue weighted by Gasteiger charge is -2.14. The molecule has 2 atom stereocenters. The lowest BCUT2D eigenvalue weighted by atomic mass is 10.4. The first-order chi connectivity index (χ1) is 5.77. The van der Waals surface area contributed by atoms with Crippen LogP contribution >= 0.6 is 0 Å². The molecular formula is C9H15NO2. The summed E-state index contributed by atoms with van der Waals surface area (Å²) in [5.41, 5.74) is 0. The standard InChI is InChI=1S/C9H15NO2/c1-7-6-8(7)12-9(11)10-4-2-3-5-10/h7-8H,2-6H2,1H3.